The van der Waals surface area contributed by atoms with Crippen LogP contribution in [0.3, 0.4) is 0 Å². The number of carbonyl (C=O) groups excluding carboxylic acids is 1. The van der Waals surface area contributed by atoms with Crippen molar-refractivity contribution >= 4 is 17.2 Å². The van der Waals surface area contributed by atoms with Crippen LogP contribution in [0, 0.1) is 0 Å². The van der Waals surface area contributed by atoms with E-state index in [0.717, 1.165) is 44.0 Å². The summed E-state index contributed by atoms with van der Waals surface area (Å²) in [5, 5.41) is 13.7. The summed E-state index contributed by atoms with van der Waals surface area (Å²) in [6.45, 7) is 4.15. The molecular formula is C16H26N4O. The van der Waals surface area contributed by atoms with E-state index < -0.39 is 0 Å². The third kappa shape index (κ3) is 4.29. The molecule has 0 aromatic carbocycles. The molecule has 2 heterocycles. The van der Waals surface area contributed by atoms with Crippen LogP contribution in [0.25, 0.3) is 0 Å². The van der Waals surface area contributed by atoms with Crippen molar-refractivity contribution in [2.75, 3.05) is 26.2 Å². The second-order valence-electron chi connectivity index (χ2n) is 6.43. The van der Waals surface area contributed by atoms with E-state index in [2.05, 4.69) is 10.0 Å². The lowest BCUT2D eigenvalue weighted by Gasteiger charge is -2.28. The highest BCUT2D eigenvalue weighted by Crippen LogP contribution is 2.16. The first-order chi connectivity index (χ1) is 10.3. The summed E-state index contributed by atoms with van der Waals surface area (Å²) in [4.78, 5) is 12.0. The summed E-state index contributed by atoms with van der Waals surface area (Å²) < 4.78 is 0. The molecule has 0 atom stereocenters. The molecule has 1 saturated carbocycles. The van der Waals surface area contributed by atoms with E-state index in [4.69, 9.17) is 10.2 Å². The molecule has 2 aliphatic heterocycles. The Morgan fingerprint density at radius 3 is 1.48 bits per heavy atom. The normalized spacial score (nSPS) is 28.5. The second kappa shape index (κ2) is 7.05. The van der Waals surface area contributed by atoms with Crippen molar-refractivity contribution in [3.63, 3.8) is 0 Å². The molecule has 2 saturated heterocycles. The first kappa shape index (κ1) is 14.5. The molecule has 0 amide bonds. The van der Waals surface area contributed by atoms with E-state index in [1.807, 2.05) is 0 Å². The van der Waals surface area contributed by atoms with E-state index in [1.165, 1.54) is 38.5 Å². The molecule has 3 aliphatic rings. The molecule has 1 aliphatic carbocycles. The second-order valence-corrected chi connectivity index (χ2v) is 6.43. The zero-order chi connectivity index (χ0) is 14.5. The van der Waals surface area contributed by atoms with E-state index >= 15 is 0 Å². The molecule has 3 rings (SSSR count). The first-order valence-corrected chi connectivity index (χ1v) is 8.44. The minimum Gasteiger partial charge on any atom is -0.299 e. The lowest BCUT2D eigenvalue weighted by atomic mass is 9.95. The number of rotatable bonds is 2. The Hall–Kier alpha value is -1.39. The van der Waals surface area contributed by atoms with Crippen LogP contribution < -0.4 is 0 Å². The van der Waals surface area contributed by atoms with Crippen molar-refractivity contribution < 1.29 is 4.79 Å². The fourth-order valence-electron chi connectivity index (χ4n) is 3.37. The maximum absolute atomic E-state index is 12.0. The van der Waals surface area contributed by atoms with Crippen molar-refractivity contribution in [1.29, 1.82) is 0 Å². The summed E-state index contributed by atoms with van der Waals surface area (Å²) in [6.07, 6.45) is 9.34. The highest BCUT2D eigenvalue weighted by atomic mass is 16.1. The van der Waals surface area contributed by atoms with Crippen LogP contribution >= 0.6 is 0 Å². The predicted molar refractivity (Wildman–Crippen MR) is 84.6 cm³/mol. The molecule has 3 fully saturated rings. The van der Waals surface area contributed by atoms with Gasteiger partial charge in [0.25, 0.3) is 0 Å². The molecule has 0 N–H and O–H groups in total. The van der Waals surface area contributed by atoms with Crippen LogP contribution in [-0.4, -0.2) is 53.4 Å². The van der Waals surface area contributed by atoms with E-state index in [-0.39, 0.29) is 5.78 Å². The molecule has 21 heavy (non-hydrogen) atoms. The van der Waals surface area contributed by atoms with Gasteiger partial charge in [0.2, 0.25) is 0 Å². The highest BCUT2D eigenvalue weighted by Gasteiger charge is 2.22. The van der Waals surface area contributed by atoms with E-state index in [1.54, 1.807) is 0 Å². The molecule has 0 radical (unpaired) electrons. The largest absolute Gasteiger partial charge is 0.299 e. The summed E-state index contributed by atoms with van der Waals surface area (Å²) >= 11 is 0. The van der Waals surface area contributed by atoms with Crippen LogP contribution in [0.4, 0.5) is 0 Å². The minimum atomic E-state index is 0.271. The molecule has 0 spiro atoms. The van der Waals surface area contributed by atoms with Crippen LogP contribution in [0.5, 0.6) is 0 Å². The Morgan fingerprint density at radius 2 is 1.05 bits per heavy atom. The van der Waals surface area contributed by atoms with Crippen molar-refractivity contribution in [1.82, 2.24) is 10.0 Å². The maximum Gasteiger partial charge on any atom is 0.144 e. The quantitative estimate of drug-likeness (QED) is 0.784. The lowest BCUT2D eigenvalue weighted by molar-refractivity contribution is -0.117. The third-order valence-corrected chi connectivity index (χ3v) is 4.44. The van der Waals surface area contributed by atoms with E-state index in [0.29, 0.717) is 12.8 Å². The van der Waals surface area contributed by atoms with Gasteiger partial charge in [-0.05, 0) is 38.5 Å². The highest BCUT2D eigenvalue weighted by molar-refractivity contribution is 6.21. The van der Waals surface area contributed by atoms with Crippen LogP contribution in [0.1, 0.15) is 57.8 Å². The van der Waals surface area contributed by atoms with Crippen LogP contribution in [0.2, 0.25) is 0 Å². The molecule has 0 unspecified atom stereocenters. The Labute approximate surface area is 127 Å². The molecule has 5 heteroatoms. The minimum absolute atomic E-state index is 0.271. The smallest absolute Gasteiger partial charge is 0.144 e. The number of hydrogen-bond acceptors (Lipinski definition) is 5. The molecule has 116 valence electrons. The molecule has 0 aromatic heterocycles. The van der Waals surface area contributed by atoms with Crippen molar-refractivity contribution in [2.45, 2.75) is 57.8 Å². The van der Waals surface area contributed by atoms with Gasteiger partial charge in [-0.1, -0.05) is 0 Å². The van der Waals surface area contributed by atoms with Gasteiger partial charge in [-0.25, -0.2) is 0 Å². The Kier molecular flexibility index (Phi) is 4.88. The molecule has 0 aromatic rings. The number of hydrogen-bond donors (Lipinski definition) is 0. The summed E-state index contributed by atoms with van der Waals surface area (Å²) in [6, 6.07) is 0. The number of Topliss-reactive ketones (excluding diaryl/α,β-unsaturated/α-hetero) is 1. The van der Waals surface area contributed by atoms with E-state index in [9.17, 15) is 4.79 Å². The van der Waals surface area contributed by atoms with Crippen molar-refractivity contribution in [3.05, 3.63) is 0 Å². The lowest BCUT2D eigenvalue weighted by Crippen LogP contribution is -2.32. The fourth-order valence-corrected chi connectivity index (χ4v) is 3.37. The summed E-state index contributed by atoms with van der Waals surface area (Å²) in [5.41, 5.74) is 2.04. The maximum atomic E-state index is 12.0. The standard InChI is InChI=1S/C16H26N4O/c21-16-12-14(17-19-7-3-1-4-8-19)11-15(13-16)18-20-9-5-2-6-10-20/h1-13H2. The van der Waals surface area contributed by atoms with Gasteiger partial charge in [0, 0.05) is 45.4 Å². The Balaban J connectivity index is 1.64. The van der Waals surface area contributed by atoms with Gasteiger partial charge in [0.1, 0.15) is 5.78 Å². The fraction of sp³-hybridized carbons (Fsp3) is 0.812. The molecular weight excluding hydrogens is 264 g/mol. The molecule has 5 nitrogen and oxygen atoms in total. The molecule has 0 bridgehead atoms. The van der Waals surface area contributed by atoms with Gasteiger partial charge in [0.15, 0.2) is 0 Å². The number of nitrogens with zero attached hydrogens (tertiary/aromatic N) is 4. The Morgan fingerprint density at radius 1 is 0.619 bits per heavy atom. The van der Waals surface area contributed by atoms with Crippen LogP contribution in [-0.2, 0) is 4.79 Å². The first-order valence-electron chi connectivity index (χ1n) is 8.44. The van der Waals surface area contributed by atoms with Crippen LogP contribution in [0.15, 0.2) is 10.2 Å². The zero-order valence-corrected chi connectivity index (χ0v) is 12.9. The van der Waals surface area contributed by atoms with Gasteiger partial charge in [0.05, 0.1) is 11.4 Å². The Bertz CT molecular complexity index is 394. The van der Waals surface area contributed by atoms with Gasteiger partial charge in [-0.2, -0.15) is 10.2 Å². The van der Waals surface area contributed by atoms with Crippen molar-refractivity contribution in [3.8, 4) is 0 Å². The average Bonchev–Trinajstić information content (AvgIpc) is 2.48. The van der Waals surface area contributed by atoms with Gasteiger partial charge >= 0.3 is 0 Å². The monoisotopic (exact) mass is 290 g/mol. The number of carbonyl (C=O) groups is 1. The van der Waals surface area contributed by atoms with Crippen molar-refractivity contribution in [2.24, 2.45) is 10.2 Å². The average molecular weight is 290 g/mol. The topological polar surface area (TPSA) is 48.3 Å². The summed E-state index contributed by atoms with van der Waals surface area (Å²) in [7, 11) is 0. The number of ketones is 1. The third-order valence-electron chi connectivity index (χ3n) is 4.44. The van der Waals surface area contributed by atoms with Gasteiger partial charge in [-0.15, -0.1) is 0 Å². The SMILES string of the molecule is O=C1CC(=NN2CCCCC2)CC(=NN2CCCCC2)C1. The van der Waals surface area contributed by atoms with Gasteiger partial charge < -0.3 is 0 Å². The zero-order valence-electron chi connectivity index (χ0n) is 12.9. The predicted octanol–water partition coefficient (Wildman–Crippen LogP) is 2.42. The number of hydrazone groups is 2. The number of piperidine rings is 2. The summed E-state index contributed by atoms with van der Waals surface area (Å²) in [5.74, 6) is 0.271. The van der Waals surface area contributed by atoms with Gasteiger partial charge in [-0.3, -0.25) is 14.8 Å².